The summed E-state index contributed by atoms with van der Waals surface area (Å²) in [5.74, 6) is -0.794. The average Bonchev–Trinajstić information content (AvgIpc) is 2.71. The second-order valence-electron chi connectivity index (χ2n) is 7.43. The van der Waals surface area contributed by atoms with Crippen LogP contribution in [-0.4, -0.2) is 19.1 Å². The van der Waals surface area contributed by atoms with Crippen molar-refractivity contribution < 1.29 is 13.9 Å². The largest absolute Gasteiger partial charge is 0.373 e. The van der Waals surface area contributed by atoms with Gasteiger partial charge in [0.05, 0.1) is 17.7 Å². The van der Waals surface area contributed by atoms with Gasteiger partial charge in [0.25, 0.3) is 0 Å². The Hall–Kier alpha value is -2.24. The lowest BCUT2D eigenvalue weighted by Crippen LogP contribution is -2.33. The molecule has 4 rings (SSSR count). The predicted molar refractivity (Wildman–Crippen MR) is 103 cm³/mol. The number of anilines is 1. The van der Waals surface area contributed by atoms with Gasteiger partial charge in [0.2, 0.25) is 5.91 Å². The van der Waals surface area contributed by atoms with Gasteiger partial charge in [-0.05, 0) is 55.5 Å². The molecule has 1 amide bonds. The maximum Gasteiger partial charge on any atom is 0.230 e. The van der Waals surface area contributed by atoms with Crippen molar-refractivity contribution in [3.8, 4) is 0 Å². The Morgan fingerprint density at radius 2 is 2.04 bits per heavy atom. The second kappa shape index (κ2) is 7.79. The Morgan fingerprint density at radius 1 is 1.22 bits per heavy atom. The minimum atomic E-state index is -0.321. The van der Waals surface area contributed by atoms with E-state index in [4.69, 9.17) is 4.74 Å². The van der Waals surface area contributed by atoms with Gasteiger partial charge in [0.1, 0.15) is 5.82 Å². The van der Waals surface area contributed by atoms with Gasteiger partial charge in [-0.2, -0.15) is 0 Å². The number of hydrogen-bond donors (Lipinski definition) is 2. The molecule has 5 heteroatoms. The summed E-state index contributed by atoms with van der Waals surface area (Å²) in [6.45, 7) is 4.10. The molecule has 0 aliphatic carbocycles. The maximum atomic E-state index is 14.9. The number of benzene rings is 2. The van der Waals surface area contributed by atoms with Crippen molar-refractivity contribution in [2.24, 2.45) is 5.92 Å². The van der Waals surface area contributed by atoms with Crippen molar-refractivity contribution in [3.05, 3.63) is 64.5 Å². The fourth-order valence-corrected chi connectivity index (χ4v) is 3.99. The van der Waals surface area contributed by atoms with E-state index in [1.54, 1.807) is 6.07 Å². The number of carbonyl (C=O) groups excluding carboxylic acids is 1. The van der Waals surface area contributed by atoms with Crippen LogP contribution in [0, 0.1) is 18.7 Å². The van der Waals surface area contributed by atoms with E-state index >= 15 is 0 Å². The number of hydrogen-bond acceptors (Lipinski definition) is 3. The molecule has 0 aromatic heterocycles. The average molecular weight is 368 g/mol. The van der Waals surface area contributed by atoms with Crippen LogP contribution in [-0.2, 0) is 22.5 Å². The van der Waals surface area contributed by atoms with Crippen LogP contribution in [0.25, 0.3) is 0 Å². The van der Waals surface area contributed by atoms with Crippen LogP contribution in [0.4, 0.5) is 10.1 Å². The number of rotatable bonds is 3. The van der Waals surface area contributed by atoms with E-state index in [1.165, 1.54) is 5.56 Å². The summed E-state index contributed by atoms with van der Waals surface area (Å²) in [7, 11) is 0. The Bertz CT molecular complexity index is 835. The first kappa shape index (κ1) is 18.1. The Kier molecular flexibility index (Phi) is 5.23. The van der Waals surface area contributed by atoms with Crippen molar-refractivity contribution in [2.75, 3.05) is 18.5 Å². The van der Waals surface area contributed by atoms with Crippen LogP contribution in [0.3, 0.4) is 0 Å². The third kappa shape index (κ3) is 3.75. The summed E-state index contributed by atoms with van der Waals surface area (Å²) < 4.78 is 20.8. The van der Waals surface area contributed by atoms with Crippen LogP contribution in [0.2, 0.25) is 0 Å². The molecule has 0 radical (unpaired) electrons. The van der Waals surface area contributed by atoms with Crippen molar-refractivity contribution in [1.29, 1.82) is 0 Å². The van der Waals surface area contributed by atoms with Crippen LogP contribution in [0.1, 0.15) is 41.2 Å². The van der Waals surface area contributed by atoms with E-state index in [9.17, 15) is 9.18 Å². The number of aryl methyl sites for hydroxylation is 1. The van der Waals surface area contributed by atoms with Crippen molar-refractivity contribution in [1.82, 2.24) is 5.32 Å². The zero-order chi connectivity index (χ0) is 18.8. The molecule has 1 fully saturated rings. The van der Waals surface area contributed by atoms with Gasteiger partial charge >= 0.3 is 0 Å². The molecule has 2 aliphatic rings. The van der Waals surface area contributed by atoms with Crippen LogP contribution in [0.5, 0.6) is 0 Å². The molecular formula is C22H25FN2O2. The van der Waals surface area contributed by atoms with Crippen molar-refractivity contribution in [3.63, 3.8) is 0 Å². The summed E-state index contributed by atoms with van der Waals surface area (Å²) in [5, 5.41) is 6.06. The van der Waals surface area contributed by atoms with Crippen LogP contribution < -0.4 is 10.6 Å². The Morgan fingerprint density at radius 3 is 2.85 bits per heavy atom. The van der Waals surface area contributed by atoms with Gasteiger partial charge in [-0.25, -0.2) is 4.39 Å². The highest BCUT2D eigenvalue weighted by molar-refractivity contribution is 5.93. The number of halogens is 1. The zero-order valence-corrected chi connectivity index (χ0v) is 15.6. The topological polar surface area (TPSA) is 50.4 Å². The van der Waals surface area contributed by atoms with Gasteiger partial charge in [-0.15, -0.1) is 0 Å². The Labute approximate surface area is 159 Å². The fourth-order valence-electron chi connectivity index (χ4n) is 3.99. The quantitative estimate of drug-likeness (QED) is 0.864. The summed E-state index contributed by atoms with van der Waals surface area (Å²) >= 11 is 0. The van der Waals surface area contributed by atoms with E-state index in [0.717, 1.165) is 30.5 Å². The molecule has 4 nitrogen and oxygen atoms in total. The molecule has 2 heterocycles. The standard InChI is InChI=1S/C22H25FN2O2/c1-14-4-6-15(7-5-14)21-18(3-2-12-27-21)22(26)25-19-9-8-16-13-24-11-10-17(16)20(19)23/h4-9,18,21,24H,2-3,10-13H2,1H3,(H,25,26). The van der Waals surface area contributed by atoms with E-state index in [-0.39, 0.29) is 29.4 Å². The molecule has 1 saturated heterocycles. The maximum absolute atomic E-state index is 14.9. The van der Waals surface area contributed by atoms with Crippen molar-refractivity contribution >= 4 is 11.6 Å². The second-order valence-corrected chi connectivity index (χ2v) is 7.43. The molecule has 2 unspecified atom stereocenters. The minimum Gasteiger partial charge on any atom is -0.373 e. The number of nitrogens with one attached hydrogen (secondary N) is 2. The molecular weight excluding hydrogens is 343 g/mol. The van der Waals surface area contributed by atoms with Gasteiger partial charge in [-0.1, -0.05) is 35.9 Å². The highest BCUT2D eigenvalue weighted by atomic mass is 19.1. The Balaban J connectivity index is 1.55. The van der Waals surface area contributed by atoms with Gasteiger partial charge in [0.15, 0.2) is 0 Å². The highest BCUT2D eigenvalue weighted by Crippen LogP contribution is 2.35. The number of fused-ring (bicyclic) bond motifs is 1. The smallest absolute Gasteiger partial charge is 0.230 e. The normalized spacial score (nSPS) is 22.1. The number of ether oxygens (including phenoxy) is 1. The lowest BCUT2D eigenvalue weighted by molar-refractivity contribution is -0.129. The molecule has 0 bridgehead atoms. The van der Waals surface area contributed by atoms with Crippen LogP contribution in [0.15, 0.2) is 36.4 Å². The van der Waals surface area contributed by atoms with Crippen molar-refractivity contribution in [2.45, 2.75) is 38.8 Å². The number of amides is 1. The lowest BCUT2D eigenvalue weighted by atomic mass is 9.88. The number of carbonyl (C=O) groups is 1. The molecule has 27 heavy (non-hydrogen) atoms. The minimum absolute atomic E-state index is 0.173. The van der Waals surface area contributed by atoms with E-state index < -0.39 is 0 Å². The van der Waals surface area contributed by atoms with Gasteiger partial charge in [-0.3, -0.25) is 4.79 Å². The molecule has 0 spiro atoms. The molecule has 2 atom stereocenters. The van der Waals surface area contributed by atoms with Gasteiger partial charge < -0.3 is 15.4 Å². The van der Waals surface area contributed by atoms with Gasteiger partial charge in [0, 0.05) is 13.2 Å². The summed E-state index contributed by atoms with van der Waals surface area (Å²) in [6, 6.07) is 11.6. The summed E-state index contributed by atoms with van der Waals surface area (Å²) in [6.07, 6.45) is 1.92. The third-order valence-corrected chi connectivity index (χ3v) is 5.53. The first-order valence-electron chi connectivity index (χ1n) is 9.63. The fraction of sp³-hybridized carbons (Fsp3) is 0.409. The third-order valence-electron chi connectivity index (χ3n) is 5.53. The first-order chi connectivity index (χ1) is 13.1. The van der Waals surface area contributed by atoms with Crippen LogP contribution >= 0.6 is 0 Å². The predicted octanol–water partition coefficient (Wildman–Crippen LogP) is 3.89. The molecule has 2 aromatic carbocycles. The lowest BCUT2D eigenvalue weighted by Gasteiger charge is -2.31. The first-order valence-corrected chi connectivity index (χ1v) is 9.63. The summed E-state index contributed by atoms with van der Waals surface area (Å²) in [4.78, 5) is 13.0. The molecule has 2 aliphatic heterocycles. The molecule has 142 valence electrons. The van der Waals surface area contributed by atoms with E-state index in [1.807, 2.05) is 37.3 Å². The highest BCUT2D eigenvalue weighted by Gasteiger charge is 2.33. The zero-order valence-electron chi connectivity index (χ0n) is 15.6. The molecule has 2 N–H and O–H groups in total. The summed E-state index contributed by atoms with van der Waals surface area (Å²) in [5.41, 5.74) is 4.12. The molecule has 2 aromatic rings. The van der Waals surface area contributed by atoms with E-state index in [2.05, 4.69) is 10.6 Å². The SMILES string of the molecule is Cc1ccc(C2OCCCC2C(=O)Nc2ccc3c(c2F)CCNC3)cc1. The van der Waals surface area contributed by atoms with E-state index in [0.29, 0.717) is 25.1 Å². The monoisotopic (exact) mass is 368 g/mol. The molecule has 0 saturated carbocycles.